The zero-order valence-electron chi connectivity index (χ0n) is 9.47. The monoisotopic (exact) mass is 299 g/mol. The Balaban J connectivity index is 1.97. The van der Waals surface area contributed by atoms with Gasteiger partial charge in [0.25, 0.3) is 0 Å². The number of fused-ring (bicyclic) bond motifs is 1. The Hall–Kier alpha value is -1.94. The first-order valence-electron chi connectivity index (χ1n) is 5.56. The number of aromatic amines is 1. The molecular formula is C14H10BrN3. The molecule has 0 spiro atoms. The minimum atomic E-state index is 0.828. The topological polar surface area (TPSA) is 40.5 Å². The van der Waals surface area contributed by atoms with Gasteiger partial charge < -0.3 is 4.98 Å². The van der Waals surface area contributed by atoms with E-state index in [4.69, 9.17) is 0 Å². The first-order chi connectivity index (χ1) is 8.83. The van der Waals surface area contributed by atoms with Crippen molar-refractivity contribution >= 4 is 38.2 Å². The number of hydrogen-bond donors (Lipinski definition) is 1. The van der Waals surface area contributed by atoms with Gasteiger partial charge in [0.05, 0.1) is 5.69 Å². The number of nitrogens with zero attached hydrogens (tertiary/aromatic N) is 2. The number of halogens is 1. The molecule has 3 nitrogen and oxygen atoms in total. The molecule has 0 radical (unpaired) electrons. The van der Waals surface area contributed by atoms with E-state index in [2.05, 4.69) is 31.1 Å². The molecule has 88 valence electrons. The number of benzene rings is 2. The van der Waals surface area contributed by atoms with E-state index in [1.165, 1.54) is 0 Å². The van der Waals surface area contributed by atoms with Crippen molar-refractivity contribution in [3.05, 3.63) is 59.2 Å². The lowest BCUT2D eigenvalue weighted by molar-refractivity contribution is 1.24. The van der Waals surface area contributed by atoms with Crippen LogP contribution in [0.25, 0.3) is 10.9 Å². The Morgan fingerprint density at radius 2 is 1.83 bits per heavy atom. The Morgan fingerprint density at radius 1 is 0.944 bits per heavy atom. The molecule has 1 N–H and O–H groups in total. The summed E-state index contributed by atoms with van der Waals surface area (Å²) in [4.78, 5) is 3.17. The van der Waals surface area contributed by atoms with Gasteiger partial charge in [-0.2, -0.15) is 5.11 Å². The normalized spacial score (nSPS) is 11.4. The molecule has 2 aromatic carbocycles. The number of aromatic nitrogens is 1. The third-order valence-electron chi connectivity index (χ3n) is 2.65. The van der Waals surface area contributed by atoms with Crippen LogP contribution in [-0.4, -0.2) is 4.98 Å². The lowest BCUT2D eigenvalue weighted by Crippen LogP contribution is -1.65. The van der Waals surface area contributed by atoms with Gasteiger partial charge in [0, 0.05) is 21.6 Å². The second kappa shape index (κ2) is 4.74. The summed E-state index contributed by atoms with van der Waals surface area (Å²) in [6.45, 7) is 0. The van der Waals surface area contributed by atoms with E-state index in [-0.39, 0.29) is 0 Å². The van der Waals surface area contributed by atoms with E-state index in [1.54, 1.807) is 0 Å². The minimum Gasteiger partial charge on any atom is -0.359 e. The fourth-order valence-corrected chi connectivity index (χ4v) is 2.18. The molecule has 0 saturated heterocycles. The van der Waals surface area contributed by atoms with Gasteiger partial charge in [0.15, 0.2) is 0 Å². The minimum absolute atomic E-state index is 0.828. The molecule has 0 fully saturated rings. The maximum atomic E-state index is 4.28. The van der Waals surface area contributed by atoms with Gasteiger partial charge in [-0.1, -0.05) is 40.2 Å². The van der Waals surface area contributed by atoms with Crippen LogP contribution in [0.5, 0.6) is 0 Å². The highest BCUT2D eigenvalue weighted by molar-refractivity contribution is 9.10. The number of para-hydroxylation sites is 1. The van der Waals surface area contributed by atoms with E-state index >= 15 is 0 Å². The molecule has 0 amide bonds. The molecular weight excluding hydrogens is 290 g/mol. The summed E-state index contributed by atoms with van der Waals surface area (Å²) in [5.41, 5.74) is 2.75. The summed E-state index contributed by atoms with van der Waals surface area (Å²) in [7, 11) is 0. The van der Waals surface area contributed by atoms with Crippen molar-refractivity contribution in [2.45, 2.75) is 0 Å². The SMILES string of the molecule is Brc1cccc(N=Nc2c[nH]c3ccccc23)c1. The molecule has 3 rings (SSSR count). The third kappa shape index (κ3) is 2.19. The quantitative estimate of drug-likeness (QED) is 0.620. The molecule has 0 saturated carbocycles. The van der Waals surface area contributed by atoms with Crippen LogP contribution in [0.4, 0.5) is 11.4 Å². The fourth-order valence-electron chi connectivity index (χ4n) is 1.79. The molecule has 0 bridgehead atoms. The van der Waals surface area contributed by atoms with Crippen molar-refractivity contribution in [1.82, 2.24) is 4.98 Å². The number of H-pyrrole nitrogens is 1. The molecule has 0 aliphatic rings. The van der Waals surface area contributed by atoms with Crippen LogP contribution in [-0.2, 0) is 0 Å². The second-order valence-corrected chi connectivity index (χ2v) is 4.82. The highest BCUT2D eigenvalue weighted by Crippen LogP contribution is 2.27. The zero-order chi connectivity index (χ0) is 12.4. The van der Waals surface area contributed by atoms with Crippen LogP contribution >= 0.6 is 15.9 Å². The Kier molecular flexibility index (Phi) is 2.94. The van der Waals surface area contributed by atoms with Crippen molar-refractivity contribution in [3.63, 3.8) is 0 Å². The summed E-state index contributed by atoms with van der Waals surface area (Å²) in [5, 5.41) is 9.59. The Bertz CT molecular complexity index is 716. The second-order valence-electron chi connectivity index (χ2n) is 3.90. The van der Waals surface area contributed by atoms with Crippen molar-refractivity contribution in [2.75, 3.05) is 0 Å². The van der Waals surface area contributed by atoms with Crippen molar-refractivity contribution < 1.29 is 0 Å². The van der Waals surface area contributed by atoms with Gasteiger partial charge in [0.1, 0.15) is 5.69 Å². The van der Waals surface area contributed by atoms with Crippen molar-refractivity contribution in [1.29, 1.82) is 0 Å². The molecule has 0 aliphatic carbocycles. The van der Waals surface area contributed by atoms with Crippen LogP contribution in [0.3, 0.4) is 0 Å². The van der Waals surface area contributed by atoms with E-state index in [0.717, 1.165) is 26.8 Å². The van der Waals surface area contributed by atoms with Crippen LogP contribution in [0, 0.1) is 0 Å². The lowest BCUT2D eigenvalue weighted by atomic mass is 10.2. The molecule has 0 unspecified atom stereocenters. The van der Waals surface area contributed by atoms with Gasteiger partial charge in [-0.3, -0.25) is 0 Å². The number of rotatable bonds is 2. The van der Waals surface area contributed by atoms with E-state index in [0.29, 0.717) is 0 Å². The van der Waals surface area contributed by atoms with Crippen LogP contribution in [0.1, 0.15) is 0 Å². The summed E-state index contributed by atoms with van der Waals surface area (Å²) >= 11 is 3.41. The van der Waals surface area contributed by atoms with Crippen LogP contribution in [0.2, 0.25) is 0 Å². The first-order valence-corrected chi connectivity index (χ1v) is 6.36. The molecule has 18 heavy (non-hydrogen) atoms. The Labute approximate surface area is 113 Å². The summed E-state index contributed by atoms with van der Waals surface area (Å²) < 4.78 is 0.998. The maximum absolute atomic E-state index is 4.28. The summed E-state index contributed by atoms with van der Waals surface area (Å²) in [6, 6.07) is 15.8. The highest BCUT2D eigenvalue weighted by Gasteiger charge is 2.00. The number of hydrogen-bond acceptors (Lipinski definition) is 2. The number of nitrogens with one attached hydrogen (secondary N) is 1. The van der Waals surface area contributed by atoms with Gasteiger partial charge in [-0.15, -0.1) is 5.11 Å². The smallest absolute Gasteiger partial charge is 0.111 e. The molecule has 1 heterocycles. The largest absolute Gasteiger partial charge is 0.359 e. The van der Waals surface area contributed by atoms with Gasteiger partial charge >= 0.3 is 0 Å². The molecule has 3 aromatic rings. The van der Waals surface area contributed by atoms with E-state index in [9.17, 15) is 0 Å². The number of azo groups is 1. The third-order valence-corrected chi connectivity index (χ3v) is 3.14. The maximum Gasteiger partial charge on any atom is 0.111 e. The highest BCUT2D eigenvalue weighted by atomic mass is 79.9. The average Bonchev–Trinajstić information content (AvgIpc) is 2.80. The average molecular weight is 300 g/mol. The first kappa shape index (κ1) is 11.2. The van der Waals surface area contributed by atoms with E-state index < -0.39 is 0 Å². The van der Waals surface area contributed by atoms with E-state index in [1.807, 2.05) is 54.7 Å². The molecule has 1 aromatic heterocycles. The molecule has 0 aliphatic heterocycles. The predicted molar refractivity (Wildman–Crippen MR) is 76.6 cm³/mol. The van der Waals surface area contributed by atoms with Crippen molar-refractivity contribution in [2.24, 2.45) is 10.2 Å². The summed E-state index contributed by atoms with van der Waals surface area (Å²) in [6.07, 6.45) is 1.87. The van der Waals surface area contributed by atoms with Gasteiger partial charge in [0.2, 0.25) is 0 Å². The lowest BCUT2D eigenvalue weighted by Gasteiger charge is -1.93. The molecule has 0 atom stereocenters. The summed E-state index contributed by atoms with van der Waals surface area (Å²) in [5.74, 6) is 0. The van der Waals surface area contributed by atoms with Gasteiger partial charge in [-0.25, -0.2) is 0 Å². The van der Waals surface area contributed by atoms with Gasteiger partial charge in [-0.05, 0) is 24.3 Å². The standard InChI is InChI=1S/C14H10BrN3/c15-10-4-3-5-11(8-10)17-18-14-9-16-13-7-2-1-6-12(13)14/h1-9,16H. The fraction of sp³-hybridized carbons (Fsp3) is 0. The van der Waals surface area contributed by atoms with Crippen LogP contribution in [0.15, 0.2) is 69.4 Å². The van der Waals surface area contributed by atoms with Crippen molar-refractivity contribution in [3.8, 4) is 0 Å². The Morgan fingerprint density at radius 3 is 2.72 bits per heavy atom. The zero-order valence-corrected chi connectivity index (χ0v) is 11.1. The predicted octanol–water partition coefficient (Wildman–Crippen LogP) is 5.35. The molecule has 4 heteroatoms. The van der Waals surface area contributed by atoms with Crippen LogP contribution < -0.4 is 0 Å².